The van der Waals surface area contributed by atoms with Crippen molar-refractivity contribution >= 4 is 11.6 Å². The second-order valence-corrected chi connectivity index (χ2v) is 7.67. The van der Waals surface area contributed by atoms with Crippen molar-refractivity contribution in [3.8, 4) is 0 Å². The van der Waals surface area contributed by atoms with Crippen LogP contribution < -0.4 is 0 Å². The average molecular weight is 406 g/mol. The number of carbonyl (C=O) groups is 1. The molecule has 4 heterocycles. The summed E-state index contributed by atoms with van der Waals surface area (Å²) >= 11 is 0. The van der Waals surface area contributed by atoms with E-state index >= 15 is 0 Å². The fourth-order valence-electron chi connectivity index (χ4n) is 3.59. The van der Waals surface area contributed by atoms with Crippen LogP contribution in [0.5, 0.6) is 0 Å². The average Bonchev–Trinajstić information content (AvgIpc) is 3.37. The van der Waals surface area contributed by atoms with E-state index in [1.54, 1.807) is 48.8 Å². The maximum Gasteiger partial charge on any atom is 0.433 e. The van der Waals surface area contributed by atoms with E-state index in [1.807, 2.05) is 0 Å². The number of rotatable bonds is 3. The molecule has 0 spiro atoms. The third-order valence-electron chi connectivity index (χ3n) is 5.17. The topological polar surface area (TPSA) is 68.3 Å². The van der Waals surface area contributed by atoms with Gasteiger partial charge in [-0.25, -0.2) is 9.50 Å². The molecule has 1 amide bonds. The molecule has 1 aliphatic heterocycles. The van der Waals surface area contributed by atoms with E-state index in [1.165, 1.54) is 0 Å². The fraction of sp³-hybridized carbons (Fsp3) is 0.474. The summed E-state index contributed by atoms with van der Waals surface area (Å²) < 4.78 is 43.1. The number of likely N-dealkylation sites (tertiary alicyclic amines) is 1. The molecule has 1 fully saturated rings. The van der Waals surface area contributed by atoms with Crippen molar-refractivity contribution in [1.29, 1.82) is 0 Å². The Bertz CT molecular complexity index is 1070. The van der Waals surface area contributed by atoms with E-state index in [2.05, 4.69) is 15.2 Å². The molecule has 154 valence electrons. The van der Waals surface area contributed by atoms with E-state index in [0.717, 1.165) is 10.6 Å². The molecule has 0 aromatic carbocycles. The minimum Gasteiger partial charge on any atom is -0.337 e. The number of carbonyl (C=O) groups excluding carboxylic acids is 1. The summed E-state index contributed by atoms with van der Waals surface area (Å²) in [5.41, 5.74) is 0.575. The zero-order chi connectivity index (χ0) is 20.9. The van der Waals surface area contributed by atoms with Gasteiger partial charge in [0.15, 0.2) is 5.65 Å². The molecule has 29 heavy (non-hydrogen) atoms. The summed E-state index contributed by atoms with van der Waals surface area (Å²) in [5, 5.41) is 8.33. The monoisotopic (exact) mass is 406 g/mol. The molecule has 1 unspecified atom stereocenters. The molecule has 1 aliphatic rings. The first-order valence-corrected chi connectivity index (χ1v) is 9.40. The Morgan fingerprint density at radius 2 is 2.00 bits per heavy atom. The van der Waals surface area contributed by atoms with Gasteiger partial charge in [0.1, 0.15) is 11.4 Å². The van der Waals surface area contributed by atoms with E-state index in [-0.39, 0.29) is 23.4 Å². The van der Waals surface area contributed by atoms with Gasteiger partial charge in [0.25, 0.3) is 5.91 Å². The standard InChI is InChI=1S/C19H21F3N6O/c1-11(2)14-8-16(19(20,21)22)28-17(23-14)9-15(25-28)12-4-7-27(10-12)18(29)13-5-6-26(3)24-13/h5-6,8-9,11-12H,4,7,10H2,1-3H3. The van der Waals surface area contributed by atoms with Crippen LogP contribution in [0.25, 0.3) is 5.65 Å². The Kier molecular flexibility index (Phi) is 4.59. The Labute approximate surface area is 165 Å². The summed E-state index contributed by atoms with van der Waals surface area (Å²) in [5.74, 6) is -0.474. The zero-order valence-electron chi connectivity index (χ0n) is 16.3. The zero-order valence-corrected chi connectivity index (χ0v) is 16.3. The number of halogens is 3. The number of fused-ring (bicyclic) bond motifs is 1. The first kappa shape index (κ1) is 19.4. The van der Waals surface area contributed by atoms with Gasteiger partial charge in [-0.2, -0.15) is 23.4 Å². The first-order valence-electron chi connectivity index (χ1n) is 9.40. The van der Waals surface area contributed by atoms with Crippen molar-refractivity contribution in [3.63, 3.8) is 0 Å². The van der Waals surface area contributed by atoms with Crippen LogP contribution in [0.3, 0.4) is 0 Å². The highest BCUT2D eigenvalue weighted by molar-refractivity contribution is 5.92. The van der Waals surface area contributed by atoms with Crippen molar-refractivity contribution in [2.45, 2.75) is 38.3 Å². The van der Waals surface area contributed by atoms with Crippen LogP contribution in [-0.4, -0.2) is 48.3 Å². The van der Waals surface area contributed by atoms with Gasteiger partial charge >= 0.3 is 6.18 Å². The molecule has 0 aliphatic carbocycles. The van der Waals surface area contributed by atoms with Crippen LogP contribution >= 0.6 is 0 Å². The second-order valence-electron chi connectivity index (χ2n) is 7.67. The van der Waals surface area contributed by atoms with Crippen LogP contribution in [0, 0.1) is 0 Å². The quantitative estimate of drug-likeness (QED) is 0.670. The third kappa shape index (κ3) is 3.58. The van der Waals surface area contributed by atoms with E-state index in [9.17, 15) is 18.0 Å². The van der Waals surface area contributed by atoms with Crippen LogP contribution in [0.2, 0.25) is 0 Å². The number of alkyl halides is 3. The maximum absolute atomic E-state index is 13.6. The van der Waals surface area contributed by atoms with Crippen molar-refractivity contribution in [3.05, 3.63) is 47.2 Å². The molecule has 0 N–H and O–H groups in total. The van der Waals surface area contributed by atoms with Gasteiger partial charge in [0.2, 0.25) is 0 Å². The van der Waals surface area contributed by atoms with Crippen LogP contribution in [-0.2, 0) is 13.2 Å². The molecule has 1 saturated heterocycles. The Morgan fingerprint density at radius 1 is 1.24 bits per heavy atom. The van der Waals surface area contributed by atoms with Crippen LogP contribution in [0.1, 0.15) is 59.7 Å². The Balaban J connectivity index is 1.64. The molecular formula is C19H21F3N6O. The highest BCUT2D eigenvalue weighted by Gasteiger charge is 2.36. The number of aryl methyl sites for hydroxylation is 1. The predicted octanol–water partition coefficient (Wildman–Crippen LogP) is 3.23. The van der Waals surface area contributed by atoms with E-state index in [4.69, 9.17) is 0 Å². The van der Waals surface area contributed by atoms with Gasteiger partial charge < -0.3 is 4.90 Å². The SMILES string of the molecule is CC(C)c1cc(C(F)(F)F)n2nc(C3CCN(C(=O)c4ccn(C)n4)C3)cc2n1. The van der Waals surface area contributed by atoms with Crippen molar-refractivity contribution in [1.82, 2.24) is 29.3 Å². The predicted molar refractivity (Wildman–Crippen MR) is 98.5 cm³/mol. The summed E-state index contributed by atoms with van der Waals surface area (Å²) in [6.45, 7) is 4.49. The van der Waals surface area contributed by atoms with Gasteiger partial charge in [-0.3, -0.25) is 9.48 Å². The third-order valence-corrected chi connectivity index (χ3v) is 5.17. The Hall–Kier alpha value is -2.91. The molecule has 0 saturated carbocycles. The van der Waals surface area contributed by atoms with Gasteiger partial charge in [0.05, 0.1) is 5.69 Å². The highest BCUT2D eigenvalue weighted by atomic mass is 19.4. The van der Waals surface area contributed by atoms with Crippen molar-refractivity contribution < 1.29 is 18.0 Å². The number of nitrogens with zero attached hydrogens (tertiary/aromatic N) is 6. The van der Waals surface area contributed by atoms with Gasteiger partial charge in [-0.05, 0) is 24.5 Å². The lowest BCUT2D eigenvalue weighted by atomic mass is 10.1. The van der Waals surface area contributed by atoms with Crippen molar-refractivity contribution in [2.75, 3.05) is 13.1 Å². The fourth-order valence-corrected chi connectivity index (χ4v) is 3.59. The first-order chi connectivity index (χ1) is 13.6. The molecule has 1 atom stereocenters. The van der Waals surface area contributed by atoms with Crippen molar-refractivity contribution in [2.24, 2.45) is 7.05 Å². The van der Waals surface area contributed by atoms with Crippen LogP contribution in [0.15, 0.2) is 24.4 Å². The molecular weight excluding hydrogens is 385 g/mol. The minimum absolute atomic E-state index is 0.141. The summed E-state index contributed by atoms with van der Waals surface area (Å²) in [6.07, 6.45) is -2.22. The molecule has 4 rings (SSSR count). The smallest absolute Gasteiger partial charge is 0.337 e. The number of hydrogen-bond acceptors (Lipinski definition) is 4. The molecule has 3 aromatic rings. The molecule has 7 nitrogen and oxygen atoms in total. The lowest BCUT2D eigenvalue weighted by molar-refractivity contribution is -0.142. The lowest BCUT2D eigenvalue weighted by Gasteiger charge is -2.14. The van der Waals surface area contributed by atoms with Crippen LogP contribution in [0.4, 0.5) is 13.2 Å². The van der Waals surface area contributed by atoms with E-state index < -0.39 is 11.9 Å². The molecule has 3 aromatic heterocycles. The maximum atomic E-state index is 13.6. The largest absolute Gasteiger partial charge is 0.433 e. The summed E-state index contributed by atoms with van der Waals surface area (Å²) in [4.78, 5) is 18.6. The number of hydrogen-bond donors (Lipinski definition) is 0. The number of aromatic nitrogens is 5. The summed E-state index contributed by atoms with van der Waals surface area (Å²) in [6, 6.07) is 4.30. The Morgan fingerprint density at radius 3 is 2.62 bits per heavy atom. The molecule has 10 heteroatoms. The number of amides is 1. The normalized spacial score (nSPS) is 17.6. The highest BCUT2D eigenvalue weighted by Crippen LogP contribution is 2.33. The van der Waals surface area contributed by atoms with E-state index in [0.29, 0.717) is 36.6 Å². The molecule has 0 bridgehead atoms. The lowest BCUT2D eigenvalue weighted by Crippen LogP contribution is -2.29. The second kappa shape index (κ2) is 6.85. The van der Waals surface area contributed by atoms with Gasteiger partial charge in [0, 0.05) is 44.0 Å². The molecule has 0 radical (unpaired) electrons. The van der Waals surface area contributed by atoms with Gasteiger partial charge in [-0.1, -0.05) is 13.8 Å². The van der Waals surface area contributed by atoms with Gasteiger partial charge in [-0.15, -0.1) is 0 Å². The minimum atomic E-state index is -4.54. The summed E-state index contributed by atoms with van der Waals surface area (Å²) in [7, 11) is 1.73.